The van der Waals surface area contributed by atoms with E-state index in [1.54, 1.807) is 11.6 Å². The van der Waals surface area contributed by atoms with Gasteiger partial charge in [0.1, 0.15) is 17.2 Å². The van der Waals surface area contributed by atoms with E-state index < -0.39 is 0 Å². The highest BCUT2D eigenvalue weighted by atomic mass is 35.5. The molecule has 1 amide bonds. The second kappa shape index (κ2) is 11.5. The summed E-state index contributed by atoms with van der Waals surface area (Å²) in [5, 5.41) is 5.45. The van der Waals surface area contributed by atoms with Gasteiger partial charge in [-0.1, -0.05) is 48.0 Å². The number of anilines is 1. The summed E-state index contributed by atoms with van der Waals surface area (Å²) in [6.07, 6.45) is 0. The maximum Gasteiger partial charge on any atom is 0.272 e. The molecule has 0 saturated carbocycles. The fourth-order valence-corrected chi connectivity index (χ4v) is 5.32. The van der Waals surface area contributed by atoms with E-state index in [9.17, 15) is 4.79 Å². The van der Waals surface area contributed by atoms with Crippen molar-refractivity contribution in [3.05, 3.63) is 95.6 Å². The molecule has 208 valence electrons. The molecule has 2 aromatic heterocycles. The third-order valence-corrected chi connectivity index (χ3v) is 7.49. The van der Waals surface area contributed by atoms with E-state index in [1.807, 2.05) is 90.7 Å². The summed E-state index contributed by atoms with van der Waals surface area (Å²) in [5.74, 6) is 1.44. The topological polar surface area (TPSA) is 72.2 Å². The number of ether oxygens (including phenoxy) is 2. The average molecular weight is 568 g/mol. The Balaban J connectivity index is 1.36. The van der Waals surface area contributed by atoms with Crippen LogP contribution in [-0.4, -0.2) is 65.3 Å². The molecule has 9 heteroatoms. The number of aromatic nitrogens is 3. The van der Waals surface area contributed by atoms with Gasteiger partial charge in [-0.15, -0.1) is 0 Å². The van der Waals surface area contributed by atoms with Crippen LogP contribution in [0.15, 0.2) is 84.9 Å². The van der Waals surface area contributed by atoms with E-state index in [1.165, 1.54) is 0 Å². The summed E-state index contributed by atoms with van der Waals surface area (Å²) in [5.41, 5.74) is 5.11. The summed E-state index contributed by atoms with van der Waals surface area (Å²) in [4.78, 5) is 23.1. The number of benzene rings is 3. The van der Waals surface area contributed by atoms with Crippen LogP contribution in [0.2, 0.25) is 5.02 Å². The SMILES string of the molecule is CCOc1ccccc1N1CCN(C(=O)c2cc(-c3ccccc3OC)nc3cc(-c4ccc(Cl)cc4)nn23)CC1. The average Bonchev–Trinajstić information content (AvgIpc) is 3.45. The predicted octanol–water partition coefficient (Wildman–Crippen LogP) is 6.09. The molecule has 0 radical (unpaired) electrons. The molecule has 0 N–H and O–H groups in total. The lowest BCUT2D eigenvalue weighted by Gasteiger charge is -2.36. The summed E-state index contributed by atoms with van der Waals surface area (Å²) in [6.45, 7) is 5.10. The molecular formula is C32H30ClN5O3. The third-order valence-electron chi connectivity index (χ3n) is 7.24. The van der Waals surface area contributed by atoms with Gasteiger partial charge in [0.05, 0.1) is 30.8 Å². The van der Waals surface area contributed by atoms with Crippen molar-refractivity contribution in [2.45, 2.75) is 6.92 Å². The van der Waals surface area contributed by atoms with Crippen LogP contribution in [0.25, 0.3) is 28.2 Å². The molecule has 0 spiro atoms. The lowest BCUT2D eigenvalue weighted by atomic mass is 10.1. The first-order chi connectivity index (χ1) is 20.1. The van der Waals surface area contributed by atoms with Crippen molar-refractivity contribution in [3.63, 3.8) is 0 Å². The number of rotatable bonds is 7. The van der Waals surface area contributed by atoms with Gasteiger partial charge in [0.25, 0.3) is 5.91 Å². The van der Waals surface area contributed by atoms with Crippen LogP contribution in [0.4, 0.5) is 5.69 Å². The summed E-state index contributed by atoms with van der Waals surface area (Å²) < 4.78 is 13.1. The van der Waals surface area contributed by atoms with Gasteiger partial charge in [-0.05, 0) is 49.4 Å². The Labute approximate surface area is 243 Å². The van der Waals surface area contributed by atoms with Gasteiger partial charge >= 0.3 is 0 Å². The highest BCUT2D eigenvalue weighted by Gasteiger charge is 2.27. The van der Waals surface area contributed by atoms with Crippen molar-refractivity contribution in [1.82, 2.24) is 19.5 Å². The molecule has 1 fully saturated rings. The van der Waals surface area contributed by atoms with Gasteiger partial charge in [-0.25, -0.2) is 9.50 Å². The van der Waals surface area contributed by atoms with Gasteiger partial charge in [0.15, 0.2) is 5.65 Å². The van der Waals surface area contributed by atoms with Crippen molar-refractivity contribution in [1.29, 1.82) is 0 Å². The van der Waals surface area contributed by atoms with E-state index in [2.05, 4.69) is 11.0 Å². The van der Waals surface area contributed by atoms with Crippen molar-refractivity contribution in [3.8, 4) is 34.0 Å². The van der Waals surface area contributed by atoms with E-state index in [4.69, 9.17) is 31.2 Å². The van der Waals surface area contributed by atoms with Crippen LogP contribution in [0, 0.1) is 0 Å². The second-order valence-corrected chi connectivity index (χ2v) is 10.1. The Bertz CT molecular complexity index is 1690. The smallest absolute Gasteiger partial charge is 0.272 e. The van der Waals surface area contributed by atoms with Crippen LogP contribution < -0.4 is 14.4 Å². The summed E-state index contributed by atoms with van der Waals surface area (Å²) in [7, 11) is 1.63. The number of nitrogens with zero attached hydrogens (tertiary/aromatic N) is 5. The van der Waals surface area contributed by atoms with E-state index in [0.29, 0.717) is 66.3 Å². The minimum absolute atomic E-state index is 0.1000. The Morgan fingerprint density at radius 3 is 2.32 bits per heavy atom. The molecule has 1 aliphatic heterocycles. The molecule has 41 heavy (non-hydrogen) atoms. The molecular weight excluding hydrogens is 538 g/mol. The van der Waals surface area contributed by atoms with Crippen LogP contribution in [-0.2, 0) is 0 Å². The van der Waals surface area contributed by atoms with Crippen LogP contribution >= 0.6 is 11.6 Å². The number of fused-ring (bicyclic) bond motifs is 1. The minimum atomic E-state index is -0.1000. The van der Waals surface area contributed by atoms with Crippen LogP contribution in [0.1, 0.15) is 17.4 Å². The standard InChI is InChI=1S/C32H30ClN5O3/c1-3-41-30-11-7-5-9-27(30)36-16-18-37(19-17-36)32(39)28-20-26(24-8-4-6-10-29(24)40-2)34-31-21-25(35-38(28)31)22-12-14-23(33)15-13-22/h4-15,20-21H,3,16-19H2,1-2H3. The maximum atomic E-state index is 14.1. The van der Waals surface area contributed by atoms with Gasteiger partial charge in [-0.3, -0.25) is 4.79 Å². The largest absolute Gasteiger partial charge is 0.496 e. The molecule has 1 aliphatic rings. The van der Waals surface area contributed by atoms with Gasteiger partial charge < -0.3 is 19.3 Å². The monoisotopic (exact) mass is 567 g/mol. The van der Waals surface area contributed by atoms with Gasteiger partial charge in [0.2, 0.25) is 0 Å². The fourth-order valence-electron chi connectivity index (χ4n) is 5.19. The molecule has 3 aromatic carbocycles. The molecule has 8 nitrogen and oxygen atoms in total. The molecule has 0 bridgehead atoms. The normalized spacial score (nSPS) is 13.4. The molecule has 6 rings (SSSR count). The maximum absolute atomic E-state index is 14.1. The molecule has 5 aromatic rings. The lowest BCUT2D eigenvalue weighted by Crippen LogP contribution is -2.49. The number of carbonyl (C=O) groups is 1. The summed E-state index contributed by atoms with van der Waals surface area (Å²) >= 11 is 6.11. The Hall–Kier alpha value is -4.56. The Morgan fingerprint density at radius 2 is 1.59 bits per heavy atom. The number of halogens is 1. The second-order valence-electron chi connectivity index (χ2n) is 9.71. The molecule has 0 atom stereocenters. The Morgan fingerprint density at radius 1 is 0.878 bits per heavy atom. The van der Waals surface area contributed by atoms with Gasteiger partial charge in [-0.2, -0.15) is 5.10 Å². The third kappa shape index (κ3) is 5.30. The lowest BCUT2D eigenvalue weighted by molar-refractivity contribution is 0.0737. The first-order valence-electron chi connectivity index (χ1n) is 13.6. The number of methoxy groups -OCH3 is 1. The minimum Gasteiger partial charge on any atom is -0.496 e. The summed E-state index contributed by atoms with van der Waals surface area (Å²) in [6, 6.07) is 26.9. The van der Waals surface area contributed by atoms with E-state index in [-0.39, 0.29) is 5.91 Å². The number of hydrogen-bond donors (Lipinski definition) is 0. The van der Waals surface area contributed by atoms with Crippen molar-refractivity contribution in [2.24, 2.45) is 0 Å². The highest BCUT2D eigenvalue weighted by molar-refractivity contribution is 6.30. The molecule has 0 unspecified atom stereocenters. The number of piperazine rings is 1. The highest BCUT2D eigenvalue weighted by Crippen LogP contribution is 2.32. The number of amides is 1. The van der Waals surface area contributed by atoms with Crippen LogP contribution in [0.3, 0.4) is 0 Å². The van der Waals surface area contributed by atoms with E-state index in [0.717, 1.165) is 22.6 Å². The number of para-hydroxylation sites is 3. The fraction of sp³-hybridized carbons (Fsp3) is 0.219. The first kappa shape index (κ1) is 26.7. The predicted molar refractivity (Wildman–Crippen MR) is 161 cm³/mol. The quantitative estimate of drug-likeness (QED) is 0.237. The number of carbonyl (C=O) groups excluding carboxylic acids is 1. The number of hydrogen-bond acceptors (Lipinski definition) is 6. The molecule has 1 saturated heterocycles. The first-order valence-corrected chi connectivity index (χ1v) is 14.0. The zero-order valence-corrected chi connectivity index (χ0v) is 23.7. The van der Waals surface area contributed by atoms with Crippen molar-refractivity contribution < 1.29 is 14.3 Å². The van der Waals surface area contributed by atoms with Crippen LogP contribution in [0.5, 0.6) is 11.5 Å². The van der Waals surface area contributed by atoms with Crippen molar-refractivity contribution >= 4 is 28.8 Å². The molecule has 3 heterocycles. The zero-order chi connectivity index (χ0) is 28.3. The zero-order valence-electron chi connectivity index (χ0n) is 23.0. The Kier molecular flexibility index (Phi) is 7.48. The van der Waals surface area contributed by atoms with E-state index >= 15 is 0 Å². The van der Waals surface area contributed by atoms with Crippen molar-refractivity contribution in [2.75, 3.05) is 44.8 Å². The van der Waals surface area contributed by atoms with Gasteiger partial charge in [0, 0.05) is 48.4 Å². The molecule has 0 aliphatic carbocycles.